The second-order valence-corrected chi connectivity index (χ2v) is 10.6. The molecular weight excluding hydrogens is 390 g/mol. The SMILES string of the molecule is CN1CC[C@]23c4c5ccc(O)c4OC2CC(=O)C2(Cc4ccccc4C2)C[C@@]3(O)[C@H]1C5. The molecule has 2 fully saturated rings. The minimum atomic E-state index is -1.08. The lowest BCUT2D eigenvalue weighted by atomic mass is 9.51. The zero-order valence-corrected chi connectivity index (χ0v) is 17.7. The van der Waals surface area contributed by atoms with E-state index in [2.05, 4.69) is 24.1 Å². The number of likely N-dealkylation sites (tertiary alicyclic amines) is 1. The van der Waals surface area contributed by atoms with Crippen molar-refractivity contribution in [3.63, 3.8) is 0 Å². The Morgan fingerprint density at radius 1 is 1.06 bits per heavy atom. The number of rotatable bonds is 0. The number of phenols is 1. The van der Waals surface area contributed by atoms with Gasteiger partial charge in [0.15, 0.2) is 11.5 Å². The summed E-state index contributed by atoms with van der Waals surface area (Å²) in [6.07, 6.45) is 3.17. The molecule has 5 heteroatoms. The molecule has 2 N–H and O–H groups in total. The van der Waals surface area contributed by atoms with E-state index in [1.54, 1.807) is 6.07 Å². The van der Waals surface area contributed by atoms with Gasteiger partial charge in [-0.1, -0.05) is 30.3 Å². The lowest BCUT2D eigenvalue weighted by Crippen LogP contribution is -2.73. The molecule has 0 radical (unpaired) electrons. The van der Waals surface area contributed by atoms with Gasteiger partial charge in [-0.2, -0.15) is 0 Å². The molecule has 1 saturated heterocycles. The number of phenolic OH excluding ortho intramolecular Hbond substituents is 1. The molecule has 31 heavy (non-hydrogen) atoms. The fourth-order valence-corrected chi connectivity index (χ4v) is 8.00. The van der Waals surface area contributed by atoms with Gasteiger partial charge in [-0.15, -0.1) is 0 Å². The van der Waals surface area contributed by atoms with Gasteiger partial charge in [0.2, 0.25) is 0 Å². The van der Waals surface area contributed by atoms with Crippen LogP contribution in [0.1, 0.15) is 41.5 Å². The number of carbonyl (C=O) groups excluding carboxylic acids is 1. The molecule has 3 aliphatic carbocycles. The Hall–Kier alpha value is -2.37. The number of benzene rings is 2. The first-order chi connectivity index (χ1) is 14.9. The largest absolute Gasteiger partial charge is 0.504 e. The summed E-state index contributed by atoms with van der Waals surface area (Å²) in [5.41, 5.74) is 2.30. The molecule has 2 bridgehead atoms. The second kappa shape index (κ2) is 5.51. The molecule has 2 spiro atoms. The van der Waals surface area contributed by atoms with E-state index in [1.807, 2.05) is 18.2 Å². The molecule has 2 aliphatic heterocycles. The number of ether oxygens (including phenoxy) is 1. The maximum absolute atomic E-state index is 13.9. The first-order valence-electron chi connectivity index (χ1n) is 11.4. The third-order valence-electron chi connectivity index (χ3n) is 9.35. The first kappa shape index (κ1) is 18.2. The zero-order chi connectivity index (χ0) is 21.2. The number of likely N-dealkylation sites (N-methyl/N-ethyl adjacent to an activating group) is 1. The van der Waals surface area contributed by atoms with Crippen molar-refractivity contribution in [3.05, 3.63) is 58.7 Å². The molecule has 1 unspecified atom stereocenters. The Balaban J connectivity index is 1.47. The summed E-state index contributed by atoms with van der Waals surface area (Å²) in [6.45, 7) is 0.850. The minimum absolute atomic E-state index is 0.0677. The summed E-state index contributed by atoms with van der Waals surface area (Å²) in [4.78, 5) is 16.2. The van der Waals surface area contributed by atoms with Crippen LogP contribution in [0.3, 0.4) is 0 Å². The van der Waals surface area contributed by atoms with E-state index in [0.29, 0.717) is 37.9 Å². The predicted molar refractivity (Wildman–Crippen MR) is 114 cm³/mol. The number of hydrogen-bond acceptors (Lipinski definition) is 5. The fourth-order valence-electron chi connectivity index (χ4n) is 8.00. The molecule has 5 aliphatic rings. The summed E-state index contributed by atoms with van der Waals surface area (Å²) >= 11 is 0. The third kappa shape index (κ3) is 1.94. The smallest absolute Gasteiger partial charge is 0.165 e. The average molecular weight is 418 g/mol. The van der Waals surface area contributed by atoms with Gasteiger partial charge in [0.25, 0.3) is 0 Å². The highest BCUT2D eigenvalue weighted by Gasteiger charge is 2.73. The molecule has 7 rings (SSSR count). The molecule has 5 nitrogen and oxygen atoms in total. The van der Waals surface area contributed by atoms with Crippen molar-refractivity contribution >= 4 is 5.78 Å². The minimum Gasteiger partial charge on any atom is -0.504 e. The quantitative estimate of drug-likeness (QED) is 0.690. The van der Waals surface area contributed by atoms with Gasteiger partial charge >= 0.3 is 0 Å². The van der Waals surface area contributed by atoms with Gasteiger partial charge in [0, 0.05) is 23.4 Å². The Labute approximate surface area is 181 Å². The van der Waals surface area contributed by atoms with Crippen LogP contribution >= 0.6 is 0 Å². The normalized spacial score (nSPS) is 36.6. The number of piperidine rings is 1. The van der Waals surface area contributed by atoms with Crippen LogP contribution in [0.4, 0.5) is 0 Å². The van der Waals surface area contributed by atoms with E-state index in [-0.39, 0.29) is 17.6 Å². The lowest BCUT2D eigenvalue weighted by molar-refractivity contribution is -0.169. The standard InChI is InChI=1S/C26H27NO4/c1-27-9-8-25-21-11-20(29)24(12-16-4-2-3-5-17(16)13-24)14-26(25,30)19(27)10-15-6-7-18(28)23(31-21)22(15)25/h2-7,19,21,28,30H,8-14H2,1H3/t19-,21?,25-,26-/m1/s1. The Morgan fingerprint density at radius 3 is 2.55 bits per heavy atom. The highest BCUT2D eigenvalue weighted by atomic mass is 16.5. The lowest BCUT2D eigenvalue weighted by Gasteiger charge is -2.60. The number of aromatic hydroxyl groups is 1. The Kier molecular flexibility index (Phi) is 3.24. The van der Waals surface area contributed by atoms with Crippen molar-refractivity contribution in [3.8, 4) is 11.5 Å². The topological polar surface area (TPSA) is 70.0 Å². The maximum atomic E-state index is 13.9. The molecule has 0 aromatic heterocycles. The summed E-state index contributed by atoms with van der Waals surface area (Å²) in [5.74, 6) is 0.826. The molecule has 2 aromatic rings. The zero-order valence-electron chi connectivity index (χ0n) is 17.7. The van der Waals surface area contributed by atoms with Crippen LogP contribution in [0, 0.1) is 5.41 Å². The average Bonchev–Trinajstić information content (AvgIpc) is 3.25. The van der Waals surface area contributed by atoms with Crippen LogP contribution in [0.15, 0.2) is 36.4 Å². The number of Topliss-reactive ketones (excluding diaryl/α,β-unsaturated/α-hetero) is 1. The maximum Gasteiger partial charge on any atom is 0.165 e. The number of hydrogen-bond donors (Lipinski definition) is 2. The summed E-state index contributed by atoms with van der Waals surface area (Å²) in [6, 6.07) is 12.0. The van der Waals surface area contributed by atoms with Gasteiger partial charge in [-0.05, 0) is 68.5 Å². The number of nitrogens with zero attached hydrogens (tertiary/aromatic N) is 1. The molecule has 1 saturated carbocycles. The molecule has 160 valence electrons. The van der Waals surface area contributed by atoms with Crippen LogP contribution < -0.4 is 4.74 Å². The van der Waals surface area contributed by atoms with Crippen molar-refractivity contribution in [2.45, 2.75) is 61.7 Å². The van der Waals surface area contributed by atoms with E-state index in [0.717, 1.165) is 24.1 Å². The predicted octanol–water partition coefficient (Wildman–Crippen LogP) is 2.53. The van der Waals surface area contributed by atoms with Crippen molar-refractivity contribution in [1.29, 1.82) is 0 Å². The van der Waals surface area contributed by atoms with E-state index >= 15 is 0 Å². The summed E-state index contributed by atoms with van der Waals surface area (Å²) < 4.78 is 6.39. The van der Waals surface area contributed by atoms with Crippen LogP contribution in [0.25, 0.3) is 0 Å². The van der Waals surface area contributed by atoms with E-state index in [4.69, 9.17) is 4.74 Å². The second-order valence-electron chi connectivity index (χ2n) is 10.6. The first-order valence-corrected chi connectivity index (χ1v) is 11.4. The van der Waals surface area contributed by atoms with Gasteiger partial charge in [0.05, 0.1) is 11.0 Å². The van der Waals surface area contributed by atoms with Crippen LogP contribution in [0.2, 0.25) is 0 Å². The van der Waals surface area contributed by atoms with Crippen LogP contribution in [-0.2, 0) is 29.5 Å². The number of carbonyl (C=O) groups is 1. The van der Waals surface area contributed by atoms with Crippen molar-refractivity contribution in [2.75, 3.05) is 13.6 Å². The number of fused-ring (bicyclic) bond motifs is 1. The summed E-state index contributed by atoms with van der Waals surface area (Å²) in [5, 5.41) is 23.3. The fraction of sp³-hybridized carbons (Fsp3) is 0.500. The van der Waals surface area contributed by atoms with Crippen molar-refractivity contribution < 1.29 is 19.7 Å². The monoisotopic (exact) mass is 417 g/mol. The molecule has 0 amide bonds. The van der Waals surface area contributed by atoms with Crippen LogP contribution in [-0.4, -0.2) is 52.2 Å². The van der Waals surface area contributed by atoms with Crippen molar-refractivity contribution in [2.24, 2.45) is 5.41 Å². The third-order valence-corrected chi connectivity index (χ3v) is 9.35. The molecule has 2 heterocycles. The molecule has 4 atom stereocenters. The highest BCUT2D eigenvalue weighted by Crippen LogP contribution is 2.66. The highest BCUT2D eigenvalue weighted by molar-refractivity contribution is 5.88. The molecular formula is C26H27NO4. The van der Waals surface area contributed by atoms with E-state index in [1.165, 1.54) is 11.1 Å². The van der Waals surface area contributed by atoms with Gasteiger partial charge in [-0.25, -0.2) is 0 Å². The van der Waals surface area contributed by atoms with Gasteiger partial charge < -0.3 is 19.8 Å². The van der Waals surface area contributed by atoms with Gasteiger partial charge in [-0.3, -0.25) is 4.79 Å². The Bertz CT molecular complexity index is 1130. The van der Waals surface area contributed by atoms with E-state index in [9.17, 15) is 15.0 Å². The van der Waals surface area contributed by atoms with E-state index < -0.39 is 22.5 Å². The number of ketones is 1. The molecule has 2 aromatic carbocycles. The number of aliphatic hydroxyl groups is 1. The summed E-state index contributed by atoms with van der Waals surface area (Å²) in [7, 11) is 2.09. The van der Waals surface area contributed by atoms with Crippen LogP contribution in [0.5, 0.6) is 11.5 Å². The van der Waals surface area contributed by atoms with Crippen molar-refractivity contribution in [1.82, 2.24) is 4.90 Å². The Morgan fingerprint density at radius 2 is 1.81 bits per heavy atom. The van der Waals surface area contributed by atoms with Gasteiger partial charge in [0.1, 0.15) is 11.9 Å².